The lowest BCUT2D eigenvalue weighted by molar-refractivity contribution is -0.126. The van der Waals surface area contributed by atoms with Gasteiger partial charge in [0.05, 0.1) is 18.8 Å². The van der Waals surface area contributed by atoms with Crippen molar-refractivity contribution in [1.82, 2.24) is 10.2 Å². The van der Waals surface area contributed by atoms with E-state index in [4.69, 9.17) is 4.74 Å². The highest BCUT2D eigenvalue weighted by Gasteiger charge is 2.27. The van der Waals surface area contributed by atoms with Crippen LogP contribution in [0.4, 0.5) is 0 Å². The number of ether oxygens (including phenoxy) is 1. The van der Waals surface area contributed by atoms with E-state index in [1.807, 2.05) is 12.2 Å². The molecule has 2 rings (SSSR count). The molecule has 1 aliphatic carbocycles. The predicted molar refractivity (Wildman–Crippen MR) is 72.8 cm³/mol. The quantitative estimate of drug-likeness (QED) is 0.697. The van der Waals surface area contributed by atoms with Crippen LogP contribution in [0.1, 0.15) is 19.8 Å². The smallest absolute Gasteiger partial charge is 0.223 e. The maximum Gasteiger partial charge on any atom is 0.223 e. The first-order valence-electron chi connectivity index (χ1n) is 7.02. The fraction of sp³-hybridized carbons (Fsp3) is 0.786. The number of nitrogens with zero attached hydrogens (tertiary/aromatic N) is 1. The third kappa shape index (κ3) is 4.60. The summed E-state index contributed by atoms with van der Waals surface area (Å²) in [6, 6.07) is 0. The van der Waals surface area contributed by atoms with Crippen molar-refractivity contribution in [3.63, 3.8) is 0 Å². The van der Waals surface area contributed by atoms with Crippen molar-refractivity contribution in [3.8, 4) is 0 Å². The number of morpholine rings is 1. The highest BCUT2D eigenvalue weighted by Crippen LogP contribution is 2.17. The Morgan fingerprint density at radius 2 is 2.05 bits per heavy atom. The van der Waals surface area contributed by atoms with Gasteiger partial charge in [-0.1, -0.05) is 12.2 Å². The lowest BCUT2D eigenvalue weighted by atomic mass is 10.0. The van der Waals surface area contributed by atoms with Gasteiger partial charge in [0.1, 0.15) is 0 Å². The van der Waals surface area contributed by atoms with Gasteiger partial charge < -0.3 is 15.2 Å². The second-order valence-electron chi connectivity index (χ2n) is 5.74. The maximum atomic E-state index is 11.9. The van der Waals surface area contributed by atoms with Crippen molar-refractivity contribution >= 4 is 5.91 Å². The van der Waals surface area contributed by atoms with Crippen LogP contribution in [0.5, 0.6) is 0 Å². The Hall–Kier alpha value is -0.910. The number of carbonyl (C=O) groups excluding carboxylic acids is 1. The molecule has 0 unspecified atom stereocenters. The summed E-state index contributed by atoms with van der Waals surface area (Å²) in [5.41, 5.74) is -0.890. The zero-order valence-electron chi connectivity index (χ0n) is 11.6. The second-order valence-corrected chi connectivity index (χ2v) is 5.74. The van der Waals surface area contributed by atoms with Crippen molar-refractivity contribution in [3.05, 3.63) is 12.2 Å². The van der Waals surface area contributed by atoms with E-state index in [-0.39, 0.29) is 11.8 Å². The average molecular weight is 268 g/mol. The lowest BCUT2D eigenvalue weighted by Crippen LogP contribution is -2.51. The Labute approximate surface area is 114 Å². The van der Waals surface area contributed by atoms with Crippen molar-refractivity contribution in [2.45, 2.75) is 25.4 Å². The Balaban J connectivity index is 1.71. The molecule has 0 aromatic rings. The number of amides is 1. The van der Waals surface area contributed by atoms with E-state index in [2.05, 4.69) is 10.2 Å². The first-order valence-corrected chi connectivity index (χ1v) is 7.02. The maximum absolute atomic E-state index is 11.9. The number of nitrogens with one attached hydrogen (secondary N) is 1. The molecular weight excluding hydrogens is 244 g/mol. The minimum Gasteiger partial charge on any atom is -0.387 e. The van der Waals surface area contributed by atoms with Gasteiger partial charge in [-0.15, -0.1) is 0 Å². The van der Waals surface area contributed by atoms with Crippen molar-refractivity contribution in [1.29, 1.82) is 0 Å². The Morgan fingerprint density at radius 1 is 1.42 bits per heavy atom. The van der Waals surface area contributed by atoms with Crippen LogP contribution in [0.15, 0.2) is 12.2 Å². The zero-order valence-corrected chi connectivity index (χ0v) is 11.6. The van der Waals surface area contributed by atoms with Gasteiger partial charge in [0.15, 0.2) is 0 Å². The molecule has 19 heavy (non-hydrogen) atoms. The number of carbonyl (C=O) groups is 1. The van der Waals surface area contributed by atoms with Gasteiger partial charge in [0.2, 0.25) is 5.91 Å². The molecule has 0 aromatic carbocycles. The van der Waals surface area contributed by atoms with Crippen LogP contribution in [0.25, 0.3) is 0 Å². The largest absolute Gasteiger partial charge is 0.387 e. The van der Waals surface area contributed by atoms with Gasteiger partial charge in [-0.25, -0.2) is 0 Å². The number of β-amino-alcohol motifs (C(OH)–C–C–N with tert-alkyl or cyclic N) is 1. The minimum absolute atomic E-state index is 0.0484. The molecule has 0 bridgehead atoms. The Kier molecular flexibility index (Phi) is 4.96. The van der Waals surface area contributed by atoms with Gasteiger partial charge in [-0.05, 0) is 19.8 Å². The van der Waals surface area contributed by atoms with Crippen LogP contribution >= 0.6 is 0 Å². The fourth-order valence-corrected chi connectivity index (χ4v) is 2.55. The van der Waals surface area contributed by atoms with E-state index in [1.54, 1.807) is 6.92 Å². The number of allylic oxidation sites excluding steroid dienone is 2. The molecule has 0 radical (unpaired) electrons. The third-order valence-corrected chi connectivity index (χ3v) is 3.69. The fourth-order valence-electron chi connectivity index (χ4n) is 2.55. The zero-order chi connectivity index (χ0) is 13.7. The van der Waals surface area contributed by atoms with Crippen LogP contribution in [0.2, 0.25) is 0 Å². The molecule has 2 N–H and O–H groups in total. The summed E-state index contributed by atoms with van der Waals surface area (Å²) in [6.07, 6.45) is 5.71. The van der Waals surface area contributed by atoms with E-state index in [0.717, 1.165) is 39.1 Å². The standard InChI is InChI=1S/C14H24N2O3/c1-14(18,11-16-6-8-19-9-7-16)10-15-13(17)12-4-2-3-5-12/h2-3,12,18H,4-11H2,1H3,(H,15,17)/t14-/m1/s1. The molecule has 0 spiro atoms. The van der Waals surface area contributed by atoms with E-state index in [0.29, 0.717) is 13.1 Å². The van der Waals surface area contributed by atoms with E-state index in [9.17, 15) is 9.90 Å². The average Bonchev–Trinajstić information content (AvgIpc) is 2.91. The number of hydrogen-bond acceptors (Lipinski definition) is 4. The van der Waals surface area contributed by atoms with E-state index in [1.165, 1.54) is 0 Å². The molecule has 1 amide bonds. The Morgan fingerprint density at radius 3 is 2.68 bits per heavy atom. The van der Waals surface area contributed by atoms with Gasteiger partial charge in [-0.2, -0.15) is 0 Å². The highest BCUT2D eigenvalue weighted by molar-refractivity contribution is 5.79. The first kappa shape index (κ1) is 14.5. The van der Waals surface area contributed by atoms with Crippen LogP contribution < -0.4 is 5.32 Å². The van der Waals surface area contributed by atoms with Crippen LogP contribution in [0, 0.1) is 5.92 Å². The van der Waals surface area contributed by atoms with E-state index >= 15 is 0 Å². The van der Waals surface area contributed by atoms with Crippen molar-refractivity contribution in [2.75, 3.05) is 39.4 Å². The summed E-state index contributed by atoms with van der Waals surface area (Å²) in [5, 5.41) is 13.2. The summed E-state index contributed by atoms with van der Waals surface area (Å²) >= 11 is 0. The molecule has 1 atom stereocenters. The number of hydrogen-bond donors (Lipinski definition) is 2. The molecule has 0 aromatic heterocycles. The SMILES string of the molecule is C[C@@](O)(CNC(=O)C1CC=CC1)CN1CCOCC1. The van der Waals surface area contributed by atoms with Gasteiger partial charge >= 0.3 is 0 Å². The van der Waals surface area contributed by atoms with Crippen LogP contribution in [-0.4, -0.2) is 60.9 Å². The summed E-state index contributed by atoms with van der Waals surface area (Å²) in [5.74, 6) is 0.103. The van der Waals surface area contributed by atoms with Gasteiger partial charge in [0.25, 0.3) is 0 Å². The lowest BCUT2D eigenvalue weighted by Gasteiger charge is -2.34. The molecule has 5 nitrogen and oxygen atoms in total. The van der Waals surface area contributed by atoms with Crippen LogP contribution in [-0.2, 0) is 9.53 Å². The normalized spacial score (nSPS) is 24.3. The summed E-state index contributed by atoms with van der Waals surface area (Å²) in [7, 11) is 0. The Bertz CT molecular complexity index is 328. The highest BCUT2D eigenvalue weighted by atomic mass is 16.5. The summed E-state index contributed by atoms with van der Waals surface area (Å²) in [6.45, 7) is 5.77. The summed E-state index contributed by atoms with van der Waals surface area (Å²) in [4.78, 5) is 14.1. The molecule has 108 valence electrons. The van der Waals surface area contributed by atoms with Gasteiger partial charge in [0, 0.05) is 32.1 Å². The van der Waals surface area contributed by atoms with Gasteiger partial charge in [-0.3, -0.25) is 9.69 Å². The minimum atomic E-state index is -0.890. The topological polar surface area (TPSA) is 61.8 Å². The number of aliphatic hydroxyl groups is 1. The molecule has 0 saturated carbocycles. The van der Waals surface area contributed by atoms with Crippen molar-refractivity contribution < 1.29 is 14.6 Å². The van der Waals surface area contributed by atoms with Crippen LogP contribution in [0.3, 0.4) is 0 Å². The molecule has 1 saturated heterocycles. The molecule has 5 heteroatoms. The second kappa shape index (κ2) is 6.50. The number of rotatable bonds is 5. The molecular formula is C14H24N2O3. The molecule has 2 aliphatic rings. The summed E-state index contributed by atoms with van der Waals surface area (Å²) < 4.78 is 5.28. The predicted octanol–water partition coefficient (Wildman–Crippen LogP) is 0.152. The molecule has 1 fully saturated rings. The first-order chi connectivity index (χ1) is 9.07. The third-order valence-electron chi connectivity index (χ3n) is 3.69. The molecule has 1 heterocycles. The monoisotopic (exact) mass is 268 g/mol. The van der Waals surface area contributed by atoms with Crippen molar-refractivity contribution in [2.24, 2.45) is 5.92 Å². The van der Waals surface area contributed by atoms with E-state index < -0.39 is 5.60 Å². The molecule has 1 aliphatic heterocycles.